The Kier molecular flexibility index (Phi) is 3.82. The van der Waals surface area contributed by atoms with Gasteiger partial charge in [0, 0.05) is 19.3 Å². The van der Waals surface area contributed by atoms with Crippen LogP contribution in [0.15, 0.2) is 42.6 Å². The third-order valence-electron chi connectivity index (χ3n) is 2.77. The molecule has 0 atom stereocenters. The van der Waals surface area contributed by atoms with E-state index in [-0.39, 0.29) is 0 Å². The van der Waals surface area contributed by atoms with Crippen LogP contribution in [0.2, 0.25) is 0 Å². The maximum absolute atomic E-state index is 5.78. The topological polar surface area (TPSA) is 34.1 Å². The molecule has 18 heavy (non-hydrogen) atoms. The van der Waals surface area contributed by atoms with Gasteiger partial charge in [0.25, 0.3) is 0 Å². The van der Waals surface area contributed by atoms with Crippen molar-refractivity contribution in [3.8, 4) is 11.5 Å². The zero-order chi connectivity index (χ0) is 13.0. The van der Waals surface area contributed by atoms with Crippen molar-refractivity contribution in [1.82, 2.24) is 4.98 Å². The number of hydrogen-bond donors (Lipinski definition) is 1. The fourth-order valence-corrected chi connectivity index (χ4v) is 1.67. The van der Waals surface area contributed by atoms with Crippen LogP contribution in [0.1, 0.15) is 25.3 Å². The van der Waals surface area contributed by atoms with E-state index in [2.05, 4.69) is 36.3 Å². The normalized spacial score (nSPS) is 10.4. The van der Waals surface area contributed by atoms with Crippen LogP contribution in [0.4, 0.5) is 5.82 Å². The minimum absolute atomic E-state index is 0.538. The molecule has 0 radical (unpaired) electrons. The zero-order valence-corrected chi connectivity index (χ0v) is 11.0. The highest BCUT2D eigenvalue weighted by molar-refractivity contribution is 5.42. The van der Waals surface area contributed by atoms with Crippen LogP contribution < -0.4 is 10.1 Å². The van der Waals surface area contributed by atoms with Gasteiger partial charge in [0.2, 0.25) is 0 Å². The summed E-state index contributed by atoms with van der Waals surface area (Å²) in [6, 6.07) is 11.9. The molecule has 2 aromatic rings. The van der Waals surface area contributed by atoms with Gasteiger partial charge in [0.15, 0.2) is 0 Å². The Morgan fingerprint density at radius 2 is 1.78 bits per heavy atom. The van der Waals surface area contributed by atoms with Crippen molar-refractivity contribution in [3.05, 3.63) is 48.2 Å². The van der Waals surface area contributed by atoms with Crippen LogP contribution in [0.5, 0.6) is 11.5 Å². The van der Waals surface area contributed by atoms with E-state index in [9.17, 15) is 0 Å². The van der Waals surface area contributed by atoms with Gasteiger partial charge in [0.05, 0.1) is 0 Å². The van der Waals surface area contributed by atoms with E-state index in [0.717, 1.165) is 17.3 Å². The Hall–Kier alpha value is -2.03. The molecule has 0 spiro atoms. The van der Waals surface area contributed by atoms with Gasteiger partial charge in [-0.05, 0) is 29.7 Å². The van der Waals surface area contributed by atoms with E-state index >= 15 is 0 Å². The summed E-state index contributed by atoms with van der Waals surface area (Å²) in [5.41, 5.74) is 1.31. The summed E-state index contributed by atoms with van der Waals surface area (Å²) in [4.78, 5) is 4.15. The molecule has 3 nitrogen and oxygen atoms in total. The summed E-state index contributed by atoms with van der Waals surface area (Å²) in [7, 11) is 1.84. The Labute approximate surface area is 108 Å². The second kappa shape index (κ2) is 5.54. The van der Waals surface area contributed by atoms with Crippen molar-refractivity contribution in [2.24, 2.45) is 0 Å². The van der Waals surface area contributed by atoms with Crippen molar-refractivity contribution in [1.29, 1.82) is 0 Å². The number of aromatic nitrogens is 1. The van der Waals surface area contributed by atoms with E-state index in [4.69, 9.17) is 4.74 Å². The molecular formula is C15H18N2O. The van der Waals surface area contributed by atoms with Gasteiger partial charge in [0.1, 0.15) is 17.3 Å². The van der Waals surface area contributed by atoms with Crippen LogP contribution >= 0.6 is 0 Å². The Balaban J connectivity index is 2.13. The molecule has 3 heteroatoms. The van der Waals surface area contributed by atoms with Crippen molar-refractivity contribution in [2.75, 3.05) is 12.4 Å². The summed E-state index contributed by atoms with van der Waals surface area (Å²) in [5.74, 6) is 2.96. The van der Waals surface area contributed by atoms with Gasteiger partial charge in [-0.15, -0.1) is 0 Å². The first kappa shape index (κ1) is 12.4. The monoisotopic (exact) mass is 242 g/mol. The lowest BCUT2D eigenvalue weighted by atomic mass is 10.0. The lowest BCUT2D eigenvalue weighted by molar-refractivity contribution is 0.482. The highest BCUT2D eigenvalue weighted by Gasteiger charge is 2.01. The second-order valence-electron chi connectivity index (χ2n) is 4.45. The number of pyridine rings is 1. The van der Waals surface area contributed by atoms with Gasteiger partial charge < -0.3 is 10.1 Å². The molecule has 0 aliphatic rings. The van der Waals surface area contributed by atoms with Gasteiger partial charge >= 0.3 is 0 Å². The lowest BCUT2D eigenvalue weighted by Gasteiger charge is -2.09. The molecule has 0 bridgehead atoms. The average Bonchev–Trinajstić information content (AvgIpc) is 2.39. The van der Waals surface area contributed by atoms with Gasteiger partial charge in [-0.2, -0.15) is 0 Å². The standard InChI is InChI=1S/C15H18N2O/c1-11(2)12-4-6-13(7-5-12)18-14-8-9-17-15(10-14)16-3/h4-11H,1-3H3,(H,16,17). The fourth-order valence-electron chi connectivity index (χ4n) is 1.67. The van der Waals surface area contributed by atoms with E-state index in [1.54, 1.807) is 6.20 Å². The highest BCUT2D eigenvalue weighted by atomic mass is 16.5. The summed E-state index contributed by atoms with van der Waals surface area (Å²) in [5, 5.41) is 2.99. The van der Waals surface area contributed by atoms with Crippen LogP contribution in [0, 0.1) is 0 Å². The molecule has 2 rings (SSSR count). The van der Waals surface area contributed by atoms with Gasteiger partial charge in [-0.1, -0.05) is 26.0 Å². The SMILES string of the molecule is CNc1cc(Oc2ccc(C(C)C)cc2)ccn1. The molecule has 1 aromatic carbocycles. The number of anilines is 1. The molecule has 0 fully saturated rings. The third-order valence-corrected chi connectivity index (χ3v) is 2.77. The number of nitrogens with one attached hydrogen (secondary N) is 1. The first-order valence-electron chi connectivity index (χ1n) is 6.10. The molecule has 1 heterocycles. The number of nitrogens with zero attached hydrogens (tertiary/aromatic N) is 1. The Morgan fingerprint density at radius 3 is 2.39 bits per heavy atom. The minimum Gasteiger partial charge on any atom is -0.457 e. The molecule has 0 saturated heterocycles. The van der Waals surface area contributed by atoms with E-state index in [1.165, 1.54) is 5.56 Å². The lowest BCUT2D eigenvalue weighted by Crippen LogP contribution is -1.93. The Bertz CT molecular complexity index is 506. The number of hydrogen-bond acceptors (Lipinski definition) is 3. The van der Waals surface area contributed by atoms with E-state index < -0.39 is 0 Å². The molecule has 0 saturated carbocycles. The van der Waals surface area contributed by atoms with Crippen LogP contribution in [0.3, 0.4) is 0 Å². The van der Waals surface area contributed by atoms with Crippen molar-refractivity contribution in [3.63, 3.8) is 0 Å². The Morgan fingerprint density at radius 1 is 1.06 bits per heavy atom. The van der Waals surface area contributed by atoms with E-state index in [1.807, 2.05) is 31.3 Å². The quantitative estimate of drug-likeness (QED) is 0.878. The molecule has 0 unspecified atom stereocenters. The molecule has 1 N–H and O–H groups in total. The summed E-state index contributed by atoms with van der Waals surface area (Å²) in [6.07, 6.45) is 1.73. The van der Waals surface area contributed by atoms with Gasteiger partial charge in [-0.3, -0.25) is 0 Å². The van der Waals surface area contributed by atoms with Crippen molar-refractivity contribution < 1.29 is 4.74 Å². The van der Waals surface area contributed by atoms with E-state index in [0.29, 0.717) is 5.92 Å². The second-order valence-corrected chi connectivity index (χ2v) is 4.45. The van der Waals surface area contributed by atoms with Crippen LogP contribution in [-0.4, -0.2) is 12.0 Å². The summed E-state index contributed by atoms with van der Waals surface area (Å²) < 4.78 is 5.78. The predicted molar refractivity (Wildman–Crippen MR) is 74.4 cm³/mol. The first-order chi connectivity index (χ1) is 8.69. The fraction of sp³-hybridized carbons (Fsp3) is 0.267. The minimum atomic E-state index is 0.538. The van der Waals surface area contributed by atoms with Crippen molar-refractivity contribution in [2.45, 2.75) is 19.8 Å². The highest BCUT2D eigenvalue weighted by Crippen LogP contribution is 2.24. The molecular weight excluding hydrogens is 224 g/mol. The smallest absolute Gasteiger partial charge is 0.132 e. The molecule has 0 amide bonds. The van der Waals surface area contributed by atoms with Crippen molar-refractivity contribution >= 4 is 5.82 Å². The maximum Gasteiger partial charge on any atom is 0.132 e. The molecule has 1 aromatic heterocycles. The first-order valence-corrected chi connectivity index (χ1v) is 6.10. The average molecular weight is 242 g/mol. The number of benzene rings is 1. The molecule has 0 aliphatic carbocycles. The zero-order valence-electron chi connectivity index (χ0n) is 11.0. The predicted octanol–water partition coefficient (Wildman–Crippen LogP) is 4.04. The maximum atomic E-state index is 5.78. The molecule has 94 valence electrons. The van der Waals surface area contributed by atoms with Crippen LogP contribution in [0.25, 0.3) is 0 Å². The summed E-state index contributed by atoms with van der Waals surface area (Å²) >= 11 is 0. The number of ether oxygens (including phenoxy) is 1. The number of rotatable bonds is 4. The van der Waals surface area contributed by atoms with Gasteiger partial charge in [-0.25, -0.2) is 4.98 Å². The molecule has 0 aliphatic heterocycles. The summed E-state index contributed by atoms with van der Waals surface area (Å²) in [6.45, 7) is 4.36. The largest absolute Gasteiger partial charge is 0.457 e. The van der Waals surface area contributed by atoms with Crippen LogP contribution in [-0.2, 0) is 0 Å². The third kappa shape index (κ3) is 3.00.